The molecule has 3 rings (SSSR count). The molecule has 0 aliphatic carbocycles. The van der Waals surface area contributed by atoms with E-state index >= 15 is 0 Å². The number of nitrogens with one attached hydrogen (secondary N) is 2. The van der Waals surface area contributed by atoms with E-state index in [0.29, 0.717) is 0 Å². The summed E-state index contributed by atoms with van der Waals surface area (Å²) in [6.07, 6.45) is 0. The van der Waals surface area contributed by atoms with Crippen molar-refractivity contribution in [2.24, 2.45) is 0 Å². The Morgan fingerprint density at radius 1 is 0.875 bits per heavy atom. The second-order valence-electron chi connectivity index (χ2n) is 6.41. The highest BCUT2D eigenvalue weighted by atomic mass is 79.9. The molecule has 0 radical (unpaired) electrons. The summed E-state index contributed by atoms with van der Waals surface area (Å²) in [5.74, 6) is 0.899. The predicted octanol–water partition coefficient (Wildman–Crippen LogP) is 1.70. The summed E-state index contributed by atoms with van der Waals surface area (Å²) in [4.78, 5) is 3.35. The molecule has 1 heterocycles. The molecule has 1 aliphatic heterocycles. The largest absolute Gasteiger partial charge is 0.496 e. The number of methoxy groups -OCH3 is 1. The van der Waals surface area contributed by atoms with Gasteiger partial charge in [0, 0.05) is 15.6 Å². The van der Waals surface area contributed by atoms with Crippen LogP contribution in [0.25, 0.3) is 0 Å². The van der Waals surface area contributed by atoms with E-state index in [1.54, 1.807) is 16.9 Å². The summed E-state index contributed by atoms with van der Waals surface area (Å²) >= 11 is 7.25. The molecule has 128 valence electrons. The minimum absolute atomic E-state index is 0.899. The summed E-state index contributed by atoms with van der Waals surface area (Å²) in [7, 11) is 1.71. The highest BCUT2D eigenvalue weighted by molar-refractivity contribution is 9.10. The Bertz CT molecular complexity index is 685. The lowest BCUT2D eigenvalue weighted by molar-refractivity contribution is -1.02. The first-order valence-electron chi connectivity index (χ1n) is 8.38. The Morgan fingerprint density at radius 3 is 2.17 bits per heavy atom. The molecule has 3 nitrogen and oxygen atoms in total. The number of benzene rings is 2. The fourth-order valence-electron chi connectivity index (χ4n) is 3.33. The maximum atomic E-state index is 5.31. The van der Waals surface area contributed by atoms with E-state index in [9.17, 15) is 0 Å². The number of rotatable bonds is 5. The summed E-state index contributed by atoms with van der Waals surface area (Å²) in [5.41, 5.74) is 2.78. The van der Waals surface area contributed by atoms with Crippen LogP contribution in [0.5, 0.6) is 5.75 Å². The van der Waals surface area contributed by atoms with E-state index in [0.717, 1.165) is 23.3 Å². The van der Waals surface area contributed by atoms with Crippen molar-refractivity contribution >= 4 is 31.9 Å². The van der Waals surface area contributed by atoms with Gasteiger partial charge in [0.2, 0.25) is 0 Å². The average molecular weight is 456 g/mol. The van der Waals surface area contributed by atoms with Crippen LogP contribution < -0.4 is 14.5 Å². The van der Waals surface area contributed by atoms with Gasteiger partial charge >= 0.3 is 0 Å². The van der Waals surface area contributed by atoms with E-state index in [1.165, 1.54) is 41.8 Å². The maximum absolute atomic E-state index is 5.31. The molecule has 0 aromatic heterocycles. The molecule has 0 bridgehead atoms. The number of hydrogen-bond acceptors (Lipinski definition) is 1. The summed E-state index contributed by atoms with van der Waals surface area (Å²) in [5, 5.41) is 0. The first-order valence-corrected chi connectivity index (χ1v) is 9.97. The Balaban J connectivity index is 1.52. The predicted molar refractivity (Wildman–Crippen MR) is 104 cm³/mol. The lowest BCUT2D eigenvalue weighted by Gasteiger charge is -2.30. The molecule has 0 atom stereocenters. The summed E-state index contributed by atoms with van der Waals surface area (Å²) in [6.45, 7) is 7.11. The SMILES string of the molecule is COc1ccc(C[NH+]2CC[NH+](Cc3ccccc3Br)CC2)cc1Br. The lowest BCUT2D eigenvalue weighted by atomic mass is 10.1. The highest BCUT2D eigenvalue weighted by Crippen LogP contribution is 2.25. The second kappa shape index (κ2) is 8.48. The van der Waals surface area contributed by atoms with Crippen molar-refractivity contribution in [1.29, 1.82) is 0 Å². The Hall–Kier alpha value is -0.880. The van der Waals surface area contributed by atoms with Gasteiger partial charge in [0.15, 0.2) is 0 Å². The van der Waals surface area contributed by atoms with Gasteiger partial charge in [0.1, 0.15) is 45.0 Å². The molecule has 0 unspecified atom stereocenters. The van der Waals surface area contributed by atoms with Crippen LogP contribution in [0.1, 0.15) is 11.1 Å². The smallest absolute Gasteiger partial charge is 0.133 e. The molecule has 0 saturated carbocycles. The van der Waals surface area contributed by atoms with Crippen molar-refractivity contribution in [3.8, 4) is 5.75 Å². The third-order valence-corrected chi connectivity index (χ3v) is 6.13. The third kappa shape index (κ3) is 4.60. The maximum Gasteiger partial charge on any atom is 0.133 e. The molecule has 0 amide bonds. The lowest BCUT2D eigenvalue weighted by Crippen LogP contribution is -3.27. The van der Waals surface area contributed by atoms with Gasteiger partial charge < -0.3 is 14.5 Å². The van der Waals surface area contributed by atoms with Crippen molar-refractivity contribution in [3.05, 3.63) is 62.5 Å². The Morgan fingerprint density at radius 2 is 1.54 bits per heavy atom. The number of quaternary nitrogens is 2. The van der Waals surface area contributed by atoms with Crippen LogP contribution in [-0.4, -0.2) is 33.3 Å². The molecule has 24 heavy (non-hydrogen) atoms. The molecule has 2 aromatic carbocycles. The van der Waals surface area contributed by atoms with Crippen LogP contribution in [0, 0.1) is 0 Å². The van der Waals surface area contributed by atoms with Gasteiger partial charge in [-0.15, -0.1) is 0 Å². The van der Waals surface area contributed by atoms with Gasteiger partial charge in [0.25, 0.3) is 0 Å². The van der Waals surface area contributed by atoms with Crippen LogP contribution in [0.2, 0.25) is 0 Å². The molecule has 2 aromatic rings. The minimum Gasteiger partial charge on any atom is -0.496 e. The quantitative estimate of drug-likeness (QED) is 0.702. The molecule has 5 heteroatoms. The van der Waals surface area contributed by atoms with Crippen molar-refractivity contribution in [1.82, 2.24) is 0 Å². The van der Waals surface area contributed by atoms with Crippen LogP contribution in [0.3, 0.4) is 0 Å². The number of ether oxygens (including phenoxy) is 1. The van der Waals surface area contributed by atoms with E-state index in [-0.39, 0.29) is 0 Å². The number of halogens is 2. The van der Waals surface area contributed by atoms with Gasteiger partial charge in [-0.1, -0.05) is 34.1 Å². The molecule has 2 N–H and O–H groups in total. The van der Waals surface area contributed by atoms with E-state index in [1.807, 2.05) is 6.07 Å². The van der Waals surface area contributed by atoms with Crippen LogP contribution in [-0.2, 0) is 13.1 Å². The van der Waals surface area contributed by atoms with Crippen LogP contribution >= 0.6 is 31.9 Å². The standard InChI is InChI=1S/C19H22Br2N2O/c1-24-19-7-6-15(12-18(19)21)13-22-8-10-23(11-9-22)14-16-4-2-3-5-17(16)20/h2-7,12H,8-11,13-14H2,1H3/p+2. The van der Waals surface area contributed by atoms with E-state index < -0.39 is 0 Å². The van der Waals surface area contributed by atoms with Crippen LogP contribution in [0.4, 0.5) is 0 Å². The van der Waals surface area contributed by atoms with Crippen molar-refractivity contribution < 1.29 is 14.5 Å². The molecule has 1 fully saturated rings. The number of piperazine rings is 1. The zero-order valence-corrected chi connectivity index (χ0v) is 17.1. The van der Waals surface area contributed by atoms with E-state index in [2.05, 4.69) is 68.3 Å². The normalized spacial score (nSPS) is 20.8. The van der Waals surface area contributed by atoms with Crippen molar-refractivity contribution in [2.45, 2.75) is 13.1 Å². The highest BCUT2D eigenvalue weighted by Gasteiger charge is 2.23. The monoisotopic (exact) mass is 454 g/mol. The second-order valence-corrected chi connectivity index (χ2v) is 8.12. The summed E-state index contributed by atoms with van der Waals surface area (Å²) < 4.78 is 7.58. The van der Waals surface area contributed by atoms with Gasteiger partial charge in [-0.25, -0.2) is 0 Å². The zero-order valence-electron chi connectivity index (χ0n) is 13.9. The zero-order chi connectivity index (χ0) is 16.9. The van der Waals surface area contributed by atoms with Crippen molar-refractivity contribution in [2.75, 3.05) is 33.3 Å². The average Bonchev–Trinajstić information content (AvgIpc) is 2.59. The minimum atomic E-state index is 0.899. The Labute approximate surface area is 160 Å². The van der Waals surface area contributed by atoms with E-state index in [4.69, 9.17) is 4.74 Å². The molecule has 1 saturated heterocycles. The fourth-order valence-corrected chi connectivity index (χ4v) is 4.34. The van der Waals surface area contributed by atoms with Gasteiger partial charge in [-0.05, 0) is 40.2 Å². The van der Waals surface area contributed by atoms with Gasteiger partial charge in [-0.3, -0.25) is 0 Å². The molecular formula is C19H24Br2N2O+2. The molecular weight excluding hydrogens is 432 g/mol. The summed E-state index contributed by atoms with van der Waals surface area (Å²) in [6, 6.07) is 15.0. The number of hydrogen-bond donors (Lipinski definition) is 2. The first-order chi connectivity index (χ1) is 11.7. The van der Waals surface area contributed by atoms with Crippen molar-refractivity contribution in [3.63, 3.8) is 0 Å². The van der Waals surface area contributed by atoms with Gasteiger partial charge in [0.05, 0.1) is 11.6 Å². The Kier molecular flexibility index (Phi) is 6.33. The molecule has 1 aliphatic rings. The van der Waals surface area contributed by atoms with Crippen LogP contribution in [0.15, 0.2) is 51.4 Å². The molecule has 0 spiro atoms. The first kappa shape index (κ1) is 17.9. The third-order valence-electron chi connectivity index (χ3n) is 4.73. The fraction of sp³-hybridized carbons (Fsp3) is 0.368. The van der Waals surface area contributed by atoms with Gasteiger partial charge in [-0.2, -0.15) is 0 Å². The topological polar surface area (TPSA) is 18.1 Å².